The van der Waals surface area contributed by atoms with E-state index in [1.807, 2.05) is 24.3 Å². The number of hydrogen-bond donors (Lipinski definition) is 0. The maximum atomic E-state index is 13.5. The molecule has 0 aliphatic carbocycles. The van der Waals surface area contributed by atoms with E-state index in [-0.39, 0.29) is 6.10 Å². The fourth-order valence-corrected chi connectivity index (χ4v) is 3.23. The molecule has 2 aromatic carbocycles. The average molecular weight is 386 g/mol. The Kier molecular flexibility index (Phi) is 5.25. The molecule has 1 saturated heterocycles. The number of rotatable bonds is 6. The van der Waals surface area contributed by atoms with E-state index in [0.29, 0.717) is 36.8 Å². The largest absolute Gasteiger partial charge is 0.493 e. The summed E-state index contributed by atoms with van der Waals surface area (Å²) >= 11 is 0. The van der Waals surface area contributed by atoms with Crippen molar-refractivity contribution in [2.75, 3.05) is 20.3 Å². The molecule has 0 amide bonds. The van der Waals surface area contributed by atoms with E-state index in [9.17, 15) is 8.78 Å². The van der Waals surface area contributed by atoms with Crippen molar-refractivity contribution >= 4 is 0 Å². The molecule has 4 rings (SSSR count). The first-order chi connectivity index (χ1) is 13.6. The third-order valence-corrected chi connectivity index (χ3v) is 4.67. The second-order valence-corrected chi connectivity index (χ2v) is 6.59. The van der Waals surface area contributed by atoms with Gasteiger partial charge in [0.25, 0.3) is 0 Å². The first-order valence-electron chi connectivity index (χ1n) is 9.02. The Hall–Kier alpha value is -2.93. The summed E-state index contributed by atoms with van der Waals surface area (Å²) < 4.78 is 45.3. The summed E-state index contributed by atoms with van der Waals surface area (Å²) in [6.07, 6.45) is 2.50. The van der Waals surface area contributed by atoms with Crippen LogP contribution in [0.25, 0.3) is 11.3 Å². The van der Waals surface area contributed by atoms with Gasteiger partial charge in [-0.25, -0.2) is 8.78 Å². The number of methoxy groups -OCH3 is 1. The molecule has 0 spiro atoms. The molecule has 28 heavy (non-hydrogen) atoms. The van der Waals surface area contributed by atoms with Gasteiger partial charge in [-0.2, -0.15) is 5.10 Å². The van der Waals surface area contributed by atoms with Crippen molar-refractivity contribution in [1.29, 1.82) is 0 Å². The average Bonchev–Trinajstić information content (AvgIpc) is 3.37. The molecule has 1 aromatic heterocycles. The van der Waals surface area contributed by atoms with Crippen LogP contribution in [0.2, 0.25) is 0 Å². The predicted octanol–water partition coefficient (Wildman–Crippen LogP) is 4.05. The highest BCUT2D eigenvalue weighted by molar-refractivity contribution is 5.64. The van der Waals surface area contributed by atoms with Crippen molar-refractivity contribution in [3.8, 4) is 22.8 Å². The number of aromatic nitrogens is 2. The first-order valence-corrected chi connectivity index (χ1v) is 9.02. The Balaban J connectivity index is 1.62. The van der Waals surface area contributed by atoms with Gasteiger partial charge in [0.2, 0.25) is 0 Å². The van der Waals surface area contributed by atoms with Crippen molar-refractivity contribution in [3.63, 3.8) is 0 Å². The monoisotopic (exact) mass is 386 g/mol. The highest BCUT2D eigenvalue weighted by atomic mass is 19.2. The van der Waals surface area contributed by atoms with Gasteiger partial charge in [0.05, 0.1) is 32.6 Å². The quantitative estimate of drug-likeness (QED) is 0.641. The van der Waals surface area contributed by atoms with Crippen molar-refractivity contribution < 1.29 is 23.0 Å². The summed E-state index contributed by atoms with van der Waals surface area (Å²) in [4.78, 5) is 0. The molecule has 5 nitrogen and oxygen atoms in total. The standard InChI is InChI=1S/C21H20F2N2O3/c1-26-20-5-3-15(11-21(20)28-16-7-9-27-13-16)19-6-8-24-25(19)12-14-2-4-17(22)18(23)10-14/h2-6,8,10-11,16H,7,9,12-13H2,1H3/t16-/m1/s1. The Morgan fingerprint density at radius 1 is 1.11 bits per heavy atom. The van der Waals surface area contributed by atoms with Crippen LogP contribution >= 0.6 is 0 Å². The topological polar surface area (TPSA) is 45.5 Å². The minimum Gasteiger partial charge on any atom is -0.493 e. The zero-order chi connectivity index (χ0) is 19.5. The van der Waals surface area contributed by atoms with E-state index in [0.717, 1.165) is 23.7 Å². The van der Waals surface area contributed by atoms with Crippen LogP contribution in [-0.2, 0) is 11.3 Å². The second kappa shape index (κ2) is 7.98. The number of hydrogen-bond acceptors (Lipinski definition) is 4. The van der Waals surface area contributed by atoms with Gasteiger partial charge in [0.1, 0.15) is 6.10 Å². The van der Waals surface area contributed by atoms with Crippen LogP contribution in [0.15, 0.2) is 48.7 Å². The third kappa shape index (κ3) is 3.84. The van der Waals surface area contributed by atoms with Crippen LogP contribution in [0.4, 0.5) is 8.78 Å². The lowest BCUT2D eigenvalue weighted by Gasteiger charge is -2.16. The number of benzene rings is 2. The minimum atomic E-state index is -0.870. The minimum absolute atomic E-state index is 0.00347. The highest BCUT2D eigenvalue weighted by Gasteiger charge is 2.20. The molecular weight excluding hydrogens is 366 g/mol. The summed E-state index contributed by atoms with van der Waals surface area (Å²) in [6, 6.07) is 11.4. The Bertz CT molecular complexity index is 968. The molecule has 146 valence electrons. The summed E-state index contributed by atoms with van der Waals surface area (Å²) in [7, 11) is 1.60. The highest BCUT2D eigenvalue weighted by Crippen LogP contribution is 2.34. The number of halogens is 2. The zero-order valence-electron chi connectivity index (χ0n) is 15.4. The van der Waals surface area contributed by atoms with Gasteiger partial charge < -0.3 is 14.2 Å². The van der Waals surface area contributed by atoms with E-state index in [1.165, 1.54) is 6.07 Å². The van der Waals surface area contributed by atoms with Crippen molar-refractivity contribution in [2.24, 2.45) is 0 Å². The maximum absolute atomic E-state index is 13.5. The van der Waals surface area contributed by atoms with Gasteiger partial charge in [-0.1, -0.05) is 6.07 Å². The molecule has 1 atom stereocenters. The third-order valence-electron chi connectivity index (χ3n) is 4.67. The second-order valence-electron chi connectivity index (χ2n) is 6.59. The van der Waals surface area contributed by atoms with Gasteiger partial charge >= 0.3 is 0 Å². The predicted molar refractivity (Wildman–Crippen MR) is 99.5 cm³/mol. The fraction of sp³-hybridized carbons (Fsp3) is 0.286. The molecule has 1 aliphatic heterocycles. The van der Waals surface area contributed by atoms with Crippen LogP contribution in [0.1, 0.15) is 12.0 Å². The van der Waals surface area contributed by atoms with E-state index >= 15 is 0 Å². The van der Waals surface area contributed by atoms with Gasteiger partial charge in [-0.15, -0.1) is 0 Å². The zero-order valence-corrected chi connectivity index (χ0v) is 15.4. The first kappa shape index (κ1) is 18.4. The van der Waals surface area contributed by atoms with Crippen molar-refractivity contribution in [3.05, 3.63) is 65.9 Å². The number of ether oxygens (including phenoxy) is 3. The molecule has 3 aromatic rings. The molecule has 0 N–H and O–H groups in total. The summed E-state index contributed by atoms with van der Waals surface area (Å²) in [5.74, 6) is -0.458. The summed E-state index contributed by atoms with van der Waals surface area (Å²) in [5.41, 5.74) is 2.34. The molecule has 0 saturated carbocycles. The lowest BCUT2D eigenvalue weighted by Crippen LogP contribution is -2.16. The molecule has 2 heterocycles. The Morgan fingerprint density at radius 3 is 2.75 bits per heavy atom. The van der Waals surface area contributed by atoms with Crippen LogP contribution in [0.5, 0.6) is 11.5 Å². The number of nitrogens with zero attached hydrogens (tertiary/aromatic N) is 2. The lowest BCUT2D eigenvalue weighted by atomic mass is 10.1. The van der Waals surface area contributed by atoms with Crippen LogP contribution in [0, 0.1) is 11.6 Å². The lowest BCUT2D eigenvalue weighted by molar-refractivity contribution is 0.138. The normalized spacial score (nSPS) is 16.3. The molecule has 0 radical (unpaired) electrons. The summed E-state index contributed by atoms with van der Waals surface area (Å²) in [6.45, 7) is 1.56. The Morgan fingerprint density at radius 2 is 2.00 bits per heavy atom. The maximum Gasteiger partial charge on any atom is 0.162 e. The van der Waals surface area contributed by atoms with E-state index in [4.69, 9.17) is 14.2 Å². The molecule has 0 bridgehead atoms. The molecule has 1 aliphatic rings. The smallest absolute Gasteiger partial charge is 0.162 e. The van der Waals surface area contributed by atoms with Gasteiger partial charge in [0, 0.05) is 18.2 Å². The van der Waals surface area contributed by atoms with Gasteiger partial charge in [-0.3, -0.25) is 4.68 Å². The van der Waals surface area contributed by atoms with E-state index < -0.39 is 11.6 Å². The van der Waals surface area contributed by atoms with Crippen LogP contribution in [-0.4, -0.2) is 36.2 Å². The van der Waals surface area contributed by atoms with Gasteiger partial charge in [0.15, 0.2) is 23.1 Å². The van der Waals surface area contributed by atoms with Gasteiger partial charge in [-0.05, 0) is 42.0 Å². The summed E-state index contributed by atoms with van der Waals surface area (Å²) in [5, 5.41) is 4.32. The van der Waals surface area contributed by atoms with Crippen LogP contribution in [0.3, 0.4) is 0 Å². The molecule has 1 fully saturated rings. The van der Waals surface area contributed by atoms with Crippen LogP contribution < -0.4 is 9.47 Å². The van der Waals surface area contributed by atoms with E-state index in [2.05, 4.69) is 5.10 Å². The molecule has 0 unspecified atom stereocenters. The van der Waals surface area contributed by atoms with E-state index in [1.54, 1.807) is 24.1 Å². The van der Waals surface area contributed by atoms with Crippen molar-refractivity contribution in [2.45, 2.75) is 19.1 Å². The molecular formula is C21H20F2N2O3. The Labute approximate surface area is 161 Å². The SMILES string of the molecule is COc1ccc(-c2ccnn2Cc2ccc(F)c(F)c2)cc1O[C@@H]1CCOC1. The molecule has 7 heteroatoms. The fourth-order valence-electron chi connectivity index (χ4n) is 3.23. The van der Waals surface area contributed by atoms with Crippen molar-refractivity contribution in [1.82, 2.24) is 9.78 Å².